The number of benzene rings is 1. The van der Waals surface area contributed by atoms with E-state index in [1.807, 2.05) is 43.3 Å². The Labute approximate surface area is 131 Å². The van der Waals surface area contributed by atoms with Crippen molar-refractivity contribution in [3.8, 4) is 11.8 Å². The molecule has 0 saturated carbocycles. The SMILES string of the molecule is CCOC(=O)/C(C#N)=C/C(C)=C/C=C(\C)Oc1ccccc1. The number of carbonyl (C=O) groups excluding carboxylic acids is 1. The Kier molecular flexibility index (Phi) is 7.21. The number of nitriles is 1. The van der Waals surface area contributed by atoms with Crippen molar-refractivity contribution in [2.24, 2.45) is 0 Å². The summed E-state index contributed by atoms with van der Waals surface area (Å²) in [4.78, 5) is 11.5. The molecule has 22 heavy (non-hydrogen) atoms. The fraction of sp³-hybridized carbons (Fsp3) is 0.222. The van der Waals surface area contributed by atoms with Gasteiger partial charge in [0.25, 0.3) is 0 Å². The van der Waals surface area contributed by atoms with Crippen LogP contribution in [-0.2, 0) is 9.53 Å². The molecule has 1 aromatic rings. The molecule has 4 heteroatoms. The van der Waals surface area contributed by atoms with E-state index in [1.54, 1.807) is 26.0 Å². The Morgan fingerprint density at radius 3 is 2.50 bits per heavy atom. The van der Waals surface area contributed by atoms with Gasteiger partial charge in [-0.2, -0.15) is 5.26 Å². The van der Waals surface area contributed by atoms with Gasteiger partial charge in [-0.15, -0.1) is 0 Å². The van der Waals surface area contributed by atoms with E-state index in [4.69, 9.17) is 14.7 Å². The van der Waals surface area contributed by atoms with Crippen LogP contribution in [0.1, 0.15) is 20.8 Å². The van der Waals surface area contributed by atoms with Gasteiger partial charge in [-0.05, 0) is 50.6 Å². The summed E-state index contributed by atoms with van der Waals surface area (Å²) in [6, 6.07) is 11.3. The lowest BCUT2D eigenvalue weighted by Gasteiger charge is -2.04. The van der Waals surface area contributed by atoms with Crippen LogP contribution in [0.3, 0.4) is 0 Å². The fourth-order valence-corrected chi connectivity index (χ4v) is 1.58. The number of hydrogen-bond donors (Lipinski definition) is 0. The summed E-state index contributed by atoms with van der Waals surface area (Å²) in [7, 11) is 0. The Balaban J connectivity index is 2.77. The van der Waals surface area contributed by atoms with E-state index in [9.17, 15) is 4.79 Å². The predicted octanol–water partition coefficient (Wildman–Crippen LogP) is 3.93. The average Bonchev–Trinajstić information content (AvgIpc) is 2.51. The zero-order valence-electron chi connectivity index (χ0n) is 13.0. The quantitative estimate of drug-likeness (QED) is 0.262. The maximum Gasteiger partial charge on any atom is 0.348 e. The van der Waals surface area contributed by atoms with Crippen molar-refractivity contribution < 1.29 is 14.3 Å². The maximum absolute atomic E-state index is 11.5. The number of esters is 1. The highest BCUT2D eigenvalue weighted by Crippen LogP contribution is 2.13. The zero-order chi connectivity index (χ0) is 16.4. The molecular weight excluding hydrogens is 278 g/mol. The molecule has 0 aromatic heterocycles. The molecule has 0 fully saturated rings. The van der Waals surface area contributed by atoms with E-state index in [0.29, 0.717) is 5.76 Å². The van der Waals surface area contributed by atoms with E-state index in [1.165, 1.54) is 6.08 Å². The van der Waals surface area contributed by atoms with Gasteiger partial charge in [0, 0.05) is 0 Å². The lowest BCUT2D eigenvalue weighted by Crippen LogP contribution is -2.06. The van der Waals surface area contributed by atoms with Crippen LogP contribution in [0, 0.1) is 11.3 Å². The van der Waals surface area contributed by atoms with Gasteiger partial charge in [0.15, 0.2) is 0 Å². The van der Waals surface area contributed by atoms with Crippen molar-refractivity contribution in [1.29, 1.82) is 5.26 Å². The third-order valence-electron chi connectivity index (χ3n) is 2.59. The minimum absolute atomic E-state index is 0.0226. The summed E-state index contributed by atoms with van der Waals surface area (Å²) in [6.07, 6.45) is 5.04. The molecule has 0 aliphatic rings. The van der Waals surface area contributed by atoms with Crippen LogP contribution in [0.15, 0.2) is 65.5 Å². The second-order valence-electron chi connectivity index (χ2n) is 4.49. The van der Waals surface area contributed by atoms with Crippen molar-refractivity contribution >= 4 is 5.97 Å². The van der Waals surface area contributed by atoms with Crippen LogP contribution in [0.4, 0.5) is 0 Å². The number of nitrogens with zero attached hydrogens (tertiary/aromatic N) is 1. The van der Waals surface area contributed by atoms with E-state index in [-0.39, 0.29) is 12.2 Å². The largest absolute Gasteiger partial charge is 0.462 e. The monoisotopic (exact) mass is 297 g/mol. The number of rotatable bonds is 6. The summed E-state index contributed by atoms with van der Waals surface area (Å²) in [6.45, 7) is 5.56. The molecular formula is C18H19NO3. The van der Waals surface area contributed by atoms with Gasteiger partial charge in [0.2, 0.25) is 0 Å². The molecule has 0 unspecified atom stereocenters. The van der Waals surface area contributed by atoms with Crippen LogP contribution in [0.5, 0.6) is 5.75 Å². The lowest BCUT2D eigenvalue weighted by molar-refractivity contribution is -0.138. The second-order valence-corrected chi connectivity index (χ2v) is 4.49. The minimum atomic E-state index is -0.612. The molecule has 0 heterocycles. The van der Waals surface area contributed by atoms with E-state index in [0.717, 1.165) is 11.3 Å². The Bertz CT molecular complexity index is 634. The van der Waals surface area contributed by atoms with E-state index >= 15 is 0 Å². The summed E-state index contributed by atoms with van der Waals surface area (Å²) in [5.41, 5.74) is 0.728. The number of carbonyl (C=O) groups is 1. The van der Waals surface area contributed by atoms with Crippen LogP contribution in [-0.4, -0.2) is 12.6 Å². The van der Waals surface area contributed by atoms with Gasteiger partial charge in [0.05, 0.1) is 6.61 Å². The molecule has 1 rings (SSSR count). The van der Waals surface area contributed by atoms with Crippen LogP contribution in [0.25, 0.3) is 0 Å². The molecule has 1 aromatic carbocycles. The van der Waals surface area contributed by atoms with Gasteiger partial charge in [-0.25, -0.2) is 4.79 Å². The third-order valence-corrected chi connectivity index (χ3v) is 2.59. The first-order valence-corrected chi connectivity index (χ1v) is 6.93. The van der Waals surface area contributed by atoms with E-state index < -0.39 is 5.97 Å². The topological polar surface area (TPSA) is 59.3 Å². The van der Waals surface area contributed by atoms with Crippen molar-refractivity contribution in [3.63, 3.8) is 0 Å². The van der Waals surface area contributed by atoms with Gasteiger partial charge in [-0.3, -0.25) is 0 Å². The first-order chi connectivity index (χ1) is 10.6. The van der Waals surface area contributed by atoms with Crippen LogP contribution in [0.2, 0.25) is 0 Å². The van der Waals surface area contributed by atoms with Gasteiger partial charge in [-0.1, -0.05) is 24.3 Å². The number of para-hydroxylation sites is 1. The average molecular weight is 297 g/mol. The number of ether oxygens (including phenoxy) is 2. The molecule has 4 nitrogen and oxygen atoms in total. The van der Waals surface area contributed by atoms with E-state index in [2.05, 4.69) is 0 Å². The lowest BCUT2D eigenvalue weighted by atomic mass is 10.1. The van der Waals surface area contributed by atoms with Gasteiger partial charge >= 0.3 is 5.97 Å². The molecule has 0 amide bonds. The first kappa shape index (κ1) is 17.3. The summed E-state index contributed by atoms with van der Waals surface area (Å²) in [5.74, 6) is 0.842. The minimum Gasteiger partial charge on any atom is -0.462 e. The smallest absolute Gasteiger partial charge is 0.348 e. The van der Waals surface area contributed by atoms with Crippen molar-refractivity contribution in [2.75, 3.05) is 6.61 Å². The molecule has 0 atom stereocenters. The van der Waals surface area contributed by atoms with Crippen molar-refractivity contribution in [1.82, 2.24) is 0 Å². The molecule has 0 spiro atoms. The molecule has 0 bridgehead atoms. The predicted molar refractivity (Wildman–Crippen MR) is 84.9 cm³/mol. The summed E-state index contributed by atoms with van der Waals surface area (Å²) < 4.78 is 10.4. The number of allylic oxidation sites excluding steroid dienone is 5. The van der Waals surface area contributed by atoms with Crippen molar-refractivity contribution in [3.05, 3.63) is 65.5 Å². The fourth-order valence-electron chi connectivity index (χ4n) is 1.58. The van der Waals surface area contributed by atoms with Crippen LogP contribution < -0.4 is 4.74 Å². The Morgan fingerprint density at radius 1 is 1.23 bits per heavy atom. The molecule has 0 radical (unpaired) electrons. The third kappa shape index (κ3) is 6.10. The van der Waals surface area contributed by atoms with Gasteiger partial charge in [0.1, 0.15) is 23.2 Å². The van der Waals surface area contributed by atoms with Crippen LogP contribution >= 0.6 is 0 Å². The highest BCUT2D eigenvalue weighted by atomic mass is 16.5. The normalized spacial score (nSPS) is 12.5. The maximum atomic E-state index is 11.5. The Morgan fingerprint density at radius 2 is 1.91 bits per heavy atom. The second kappa shape index (κ2) is 9.19. The number of hydrogen-bond acceptors (Lipinski definition) is 4. The summed E-state index contributed by atoms with van der Waals surface area (Å²) >= 11 is 0. The van der Waals surface area contributed by atoms with Gasteiger partial charge < -0.3 is 9.47 Å². The molecule has 0 aliphatic heterocycles. The standard InChI is InChI=1S/C18H19NO3/c1-4-21-18(20)16(13-19)12-14(2)10-11-15(3)22-17-8-6-5-7-9-17/h5-12H,4H2,1-3H3/b14-10+,15-11+,16-12+. The van der Waals surface area contributed by atoms with Crippen molar-refractivity contribution in [2.45, 2.75) is 20.8 Å². The summed E-state index contributed by atoms with van der Waals surface area (Å²) in [5, 5.41) is 8.96. The Hall–Kier alpha value is -2.80. The highest BCUT2D eigenvalue weighted by Gasteiger charge is 2.08. The molecule has 0 aliphatic carbocycles. The first-order valence-electron chi connectivity index (χ1n) is 6.93. The molecule has 0 N–H and O–H groups in total. The zero-order valence-corrected chi connectivity index (χ0v) is 13.0. The molecule has 114 valence electrons. The molecule has 0 saturated heterocycles. The highest BCUT2D eigenvalue weighted by molar-refractivity contribution is 5.93.